The quantitative estimate of drug-likeness (QED) is 0.812. The minimum atomic E-state index is -0.0789. The summed E-state index contributed by atoms with van der Waals surface area (Å²) in [5.74, 6) is 0.892. The average molecular weight is 296 g/mol. The maximum atomic E-state index is 10.7. The Morgan fingerprint density at radius 2 is 1.48 bits per heavy atom. The van der Waals surface area contributed by atoms with Crippen molar-refractivity contribution in [3.63, 3.8) is 0 Å². The van der Waals surface area contributed by atoms with Crippen molar-refractivity contribution < 1.29 is 5.11 Å². The Kier molecular flexibility index (Phi) is 8.10. The molecular weight excluding hydrogens is 258 g/mol. The highest BCUT2D eigenvalue weighted by Crippen LogP contribution is 2.28. The number of rotatable bonds is 3. The molecule has 1 aliphatic heterocycles. The third-order valence-corrected chi connectivity index (χ3v) is 5.68. The highest BCUT2D eigenvalue weighted by atomic mass is 16.3. The summed E-state index contributed by atoms with van der Waals surface area (Å²) in [6, 6.07) is 0.450. The molecule has 124 valence electrons. The smallest absolute Gasteiger partial charge is 0.0695 e. The zero-order valence-electron chi connectivity index (χ0n) is 14.2. The SMILES string of the molecule is CCCC1CCN(C2CCCCCCCCCCC2O)C1. The van der Waals surface area contributed by atoms with Crippen LogP contribution < -0.4 is 0 Å². The fourth-order valence-electron chi connectivity index (χ4n) is 4.39. The highest BCUT2D eigenvalue weighted by Gasteiger charge is 2.31. The van der Waals surface area contributed by atoms with Gasteiger partial charge in [-0.2, -0.15) is 0 Å². The summed E-state index contributed by atoms with van der Waals surface area (Å²) in [6.45, 7) is 4.77. The van der Waals surface area contributed by atoms with Gasteiger partial charge in [-0.05, 0) is 38.1 Å². The maximum absolute atomic E-state index is 10.7. The van der Waals surface area contributed by atoms with E-state index in [0.29, 0.717) is 6.04 Å². The van der Waals surface area contributed by atoms with Crippen molar-refractivity contribution in [2.45, 2.75) is 103 Å². The summed E-state index contributed by atoms with van der Waals surface area (Å²) in [4.78, 5) is 2.64. The summed E-state index contributed by atoms with van der Waals surface area (Å²) >= 11 is 0. The molecule has 2 rings (SSSR count). The Balaban J connectivity index is 1.86. The molecule has 0 aromatic rings. The van der Waals surface area contributed by atoms with E-state index in [2.05, 4.69) is 11.8 Å². The largest absolute Gasteiger partial charge is 0.391 e. The molecule has 0 spiro atoms. The Labute approximate surface area is 132 Å². The van der Waals surface area contributed by atoms with E-state index in [1.165, 1.54) is 90.1 Å². The van der Waals surface area contributed by atoms with Crippen LogP contribution in [0.2, 0.25) is 0 Å². The van der Waals surface area contributed by atoms with Crippen LogP contribution in [0.3, 0.4) is 0 Å². The molecule has 2 fully saturated rings. The van der Waals surface area contributed by atoms with Gasteiger partial charge in [-0.3, -0.25) is 4.90 Å². The molecule has 1 saturated carbocycles. The van der Waals surface area contributed by atoms with E-state index >= 15 is 0 Å². The van der Waals surface area contributed by atoms with Gasteiger partial charge in [0.2, 0.25) is 0 Å². The lowest BCUT2D eigenvalue weighted by Gasteiger charge is -2.32. The standard InChI is InChI=1S/C19H37NO/c1-2-11-17-14-15-20(16-17)18-12-9-7-5-3-4-6-8-10-13-19(18)21/h17-19,21H,2-16H2,1H3. The molecule has 1 heterocycles. The van der Waals surface area contributed by atoms with Crippen molar-refractivity contribution in [2.75, 3.05) is 13.1 Å². The monoisotopic (exact) mass is 295 g/mol. The molecule has 1 saturated heterocycles. The van der Waals surface area contributed by atoms with Crippen LogP contribution >= 0.6 is 0 Å². The summed E-state index contributed by atoms with van der Waals surface area (Å²) in [7, 11) is 0. The van der Waals surface area contributed by atoms with E-state index in [-0.39, 0.29) is 6.10 Å². The number of hydrogen-bond acceptors (Lipinski definition) is 2. The van der Waals surface area contributed by atoms with Crippen LogP contribution in [-0.4, -0.2) is 35.2 Å². The maximum Gasteiger partial charge on any atom is 0.0695 e. The number of likely N-dealkylation sites (tertiary alicyclic amines) is 1. The van der Waals surface area contributed by atoms with Gasteiger partial charge < -0.3 is 5.11 Å². The molecule has 0 aromatic carbocycles. The van der Waals surface area contributed by atoms with E-state index in [4.69, 9.17) is 0 Å². The van der Waals surface area contributed by atoms with Crippen molar-refractivity contribution in [2.24, 2.45) is 5.92 Å². The van der Waals surface area contributed by atoms with Crippen molar-refractivity contribution >= 4 is 0 Å². The molecule has 2 aliphatic rings. The topological polar surface area (TPSA) is 23.5 Å². The lowest BCUT2D eigenvalue weighted by molar-refractivity contribution is 0.0452. The predicted molar refractivity (Wildman–Crippen MR) is 90.6 cm³/mol. The molecule has 0 radical (unpaired) electrons. The number of hydrogen-bond donors (Lipinski definition) is 1. The third kappa shape index (κ3) is 5.90. The average Bonchev–Trinajstić information content (AvgIpc) is 2.91. The van der Waals surface area contributed by atoms with Gasteiger partial charge in [0.15, 0.2) is 0 Å². The summed E-state index contributed by atoms with van der Waals surface area (Å²) in [5.41, 5.74) is 0. The van der Waals surface area contributed by atoms with Crippen molar-refractivity contribution in [3.05, 3.63) is 0 Å². The Bertz CT molecular complexity index is 268. The van der Waals surface area contributed by atoms with Gasteiger partial charge in [-0.25, -0.2) is 0 Å². The van der Waals surface area contributed by atoms with E-state index in [0.717, 1.165) is 12.3 Å². The number of aliphatic hydroxyl groups is 1. The summed E-state index contributed by atoms with van der Waals surface area (Å²) in [5, 5.41) is 10.7. The van der Waals surface area contributed by atoms with Crippen LogP contribution in [-0.2, 0) is 0 Å². The van der Waals surface area contributed by atoms with Gasteiger partial charge >= 0.3 is 0 Å². The van der Waals surface area contributed by atoms with Gasteiger partial charge in [-0.1, -0.05) is 64.7 Å². The van der Waals surface area contributed by atoms with Crippen LogP contribution in [0.1, 0.15) is 90.4 Å². The van der Waals surface area contributed by atoms with Crippen LogP contribution in [0.4, 0.5) is 0 Å². The first-order valence-electron chi connectivity index (χ1n) is 9.73. The van der Waals surface area contributed by atoms with Gasteiger partial charge in [0.1, 0.15) is 0 Å². The minimum absolute atomic E-state index is 0.0789. The van der Waals surface area contributed by atoms with Gasteiger partial charge in [0, 0.05) is 12.6 Å². The summed E-state index contributed by atoms with van der Waals surface area (Å²) < 4.78 is 0. The van der Waals surface area contributed by atoms with Gasteiger partial charge in [0.05, 0.1) is 6.10 Å². The van der Waals surface area contributed by atoms with Gasteiger partial charge in [0.25, 0.3) is 0 Å². The second kappa shape index (κ2) is 9.84. The first-order chi connectivity index (χ1) is 10.3. The number of aliphatic hydroxyl groups excluding tert-OH is 1. The molecule has 1 aliphatic carbocycles. The zero-order valence-corrected chi connectivity index (χ0v) is 14.2. The van der Waals surface area contributed by atoms with E-state index < -0.39 is 0 Å². The molecule has 3 atom stereocenters. The Hall–Kier alpha value is -0.0800. The molecular formula is C19H37NO. The Morgan fingerprint density at radius 1 is 0.857 bits per heavy atom. The fourth-order valence-corrected chi connectivity index (χ4v) is 4.39. The van der Waals surface area contributed by atoms with E-state index in [1.54, 1.807) is 0 Å². The van der Waals surface area contributed by atoms with Crippen LogP contribution in [0.5, 0.6) is 0 Å². The number of nitrogens with zero attached hydrogens (tertiary/aromatic N) is 1. The van der Waals surface area contributed by atoms with Crippen molar-refractivity contribution in [1.82, 2.24) is 4.90 Å². The Morgan fingerprint density at radius 3 is 2.14 bits per heavy atom. The van der Waals surface area contributed by atoms with E-state index in [9.17, 15) is 5.11 Å². The normalized spacial score (nSPS) is 34.3. The second-order valence-electron chi connectivity index (χ2n) is 7.48. The third-order valence-electron chi connectivity index (χ3n) is 5.68. The van der Waals surface area contributed by atoms with Gasteiger partial charge in [-0.15, -0.1) is 0 Å². The molecule has 0 aromatic heterocycles. The predicted octanol–water partition coefficient (Wildman–Crippen LogP) is 4.75. The first kappa shape index (κ1) is 17.3. The second-order valence-corrected chi connectivity index (χ2v) is 7.48. The van der Waals surface area contributed by atoms with Crippen molar-refractivity contribution in [1.29, 1.82) is 0 Å². The minimum Gasteiger partial charge on any atom is -0.391 e. The molecule has 21 heavy (non-hydrogen) atoms. The molecule has 0 bridgehead atoms. The van der Waals surface area contributed by atoms with Crippen LogP contribution in [0.25, 0.3) is 0 Å². The molecule has 3 unspecified atom stereocenters. The van der Waals surface area contributed by atoms with Crippen LogP contribution in [0.15, 0.2) is 0 Å². The first-order valence-corrected chi connectivity index (χ1v) is 9.73. The highest BCUT2D eigenvalue weighted by molar-refractivity contribution is 4.85. The molecule has 2 heteroatoms. The molecule has 0 amide bonds. The van der Waals surface area contributed by atoms with Crippen molar-refractivity contribution in [3.8, 4) is 0 Å². The fraction of sp³-hybridized carbons (Fsp3) is 1.00. The molecule has 1 N–H and O–H groups in total. The molecule has 2 nitrogen and oxygen atoms in total. The van der Waals surface area contributed by atoms with E-state index in [1.807, 2.05) is 0 Å². The summed E-state index contributed by atoms with van der Waals surface area (Å²) in [6.07, 6.45) is 17.1. The lowest BCUT2D eigenvalue weighted by atomic mass is 9.95. The zero-order chi connectivity index (χ0) is 14.9. The lowest BCUT2D eigenvalue weighted by Crippen LogP contribution is -2.42. The van der Waals surface area contributed by atoms with Crippen LogP contribution in [0, 0.1) is 5.92 Å².